The number of nitrogens with one attached hydrogen (secondary N) is 2. The monoisotopic (exact) mass is 493 g/mol. The number of allylic oxidation sites excluding steroid dienone is 1. The van der Waals surface area contributed by atoms with Crippen LogP contribution < -0.4 is 16.7 Å². The Bertz CT molecular complexity index is 927. The molecule has 4 N–H and O–H groups in total. The smallest absolute Gasteiger partial charge is 0.248 e. The second-order valence-corrected chi connectivity index (χ2v) is 9.86. The van der Waals surface area contributed by atoms with Crippen molar-refractivity contribution in [1.29, 1.82) is 0 Å². The lowest BCUT2D eigenvalue weighted by atomic mass is 9.72. The van der Waals surface area contributed by atoms with Crippen LogP contribution in [0.15, 0.2) is 66.7 Å². The van der Waals surface area contributed by atoms with Gasteiger partial charge in [0.2, 0.25) is 11.8 Å². The van der Waals surface area contributed by atoms with E-state index in [1.54, 1.807) is 0 Å². The third-order valence-electron chi connectivity index (χ3n) is 6.75. The first-order valence-electron chi connectivity index (χ1n) is 13.1. The first-order valence-corrected chi connectivity index (χ1v) is 13.1. The van der Waals surface area contributed by atoms with Crippen LogP contribution in [0, 0.1) is 29.6 Å². The summed E-state index contributed by atoms with van der Waals surface area (Å²) in [4.78, 5) is 32.3. The summed E-state index contributed by atoms with van der Waals surface area (Å²) in [5.41, 5.74) is 6.97. The van der Waals surface area contributed by atoms with Crippen molar-refractivity contribution in [2.75, 3.05) is 0 Å². The highest BCUT2D eigenvalue weighted by molar-refractivity contribution is 5.87. The van der Waals surface area contributed by atoms with Crippen LogP contribution in [0.3, 0.4) is 0 Å². The van der Waals surface area contributed by atoms with Crippen molar-refractivity contribution in [1.82, 2.24) is 10.9 Å². The van der Waals surface area contributed by atoms with Gasteiger partial charge in [0, 0.05) is 0 Å². The quantitative estimate of drug-likeness (QED) is 0.170. The Morgan fingerprint density at radius 3 is 2.08 bits per heavy atom. The van der Waals surface area contributed by atoms with Gasteiger partial charge in [-0.05, 0) is 41.7 Å². The van der Waals surface area contributed by atoms with E-state index in [1.165, 1.54) is 0 Å². The highest BCUT2D eigenvalue weighted by Gasteiger charge is 2.39. The number of hydroxylamine groups is 1. The summed E-state index contributed by atoms with van der Waals surface area (Å²) in [7, 11) is 0. The molecule has 0 saturated carbocycles. The van der Waals surface area contributed by atoms with Crippen LogP contribution >= 0.6 is 0 Å². The predicted molar refractivity (Wildman–Crippen MR) is 146 cm³/mol. The van der Waals surface area contributed by atoms with Crippen LogP contribution in [0.4, 0.5) is 0 Å². The number of hydrazine groups is 1. The Hall–Kier alpha value is -2.96. The molecule has 0 radical (unpaired) electrons. The summed E-state index contributed by atoms with van der Waals surface area (Å²) in [5, 5.41) is 0. The molecule has 6 heteroatoms. The van der Waals surface area contributed by atoms with Crippen molar-refractivity contribution >= 4 is 17.9 Å². The molecule has 1 unspecified atom stereocenters. The fraction of sp³-hybridized carbons (Fsp3) is 0.467. The van der Waals surface area contributed by atoms with E-state index in [0.717, 1.165) is 30.4 Å². The Morgan fingerprint density at radius 2 is 1.53 bits per heavy atom. The molecule has 36 heavy (non-hydrogen) atoms. The third kappa shape index (κ3) is 9.59. The standard InChI is InChI=1S/C30H43N3O3/c1-5-23(6-2)20-26(18-17-24-13-9-7-10-14-24)28(27(19-22(3)4)29(34)32-31)30(35)33-36-21-25-15-11-8-12-16-25/h7-18,22-23,26-28H,5-6,19-21,31H2,1-4H3,(H,32,34)(H,33,35)/b18-17+/t26?,27-,28+/m1/s1. The van der Waals surface area contributed by atoms with E-state index in [4.69, 9.17) is 10.7 Å². The van der Waals surface area contributed by atoms with Crippen LogP contribution in [0.25, 0.3) is 6.08 Å². The van der Waals surface area contributed by atoms with Crippen LogP contribution in [0.5, 0.6) is 0 Å². The third-order valence-corrected chi connectivity index (χ3v) is 6.75. The molecule has 0 aliphatic carbocycles. The molecule has 2 aromatic carbocycles. The van der Waals surface area contributed by atoms with Gasteiger partial charge in [0.15, 0.2) is 0 Å². The van der Waals surface area contributed by atoms with E-state index < -0.39 is 11.8 Å². The van der Waals surface area contributed by atoms with Gasteiger partial charge in [0.05, 0.1) is 18.4 Å². The average molecular weight is 494 g/mol. The van der Waals surface area contributed by atoms with E-state index in [1.807, 2.05) is 80.6 Å². The Morgan fingerprint density at radius 1 is 0.917 bits per heavy atom. The largest absolute Gasteiger partial charge is 0.294 e. The van der Waals surface area contributed by atoms with Crippen molar-refractivity contribution in [3.8, 4) is 0 Å². The summed E-state index contributed by atoms with van der Waals surface area (Å²) < 4.78 is 0. The van der Waals surface area contributed by atoms with E-state index in [9.17, 15) is 9.59 Å². The SMILES string of the molecule is CCC(CC)CC(/C=C/c1ccccc1)[C@H](C(=O)NOCc1ccccc1)[C@@H](CC(C)C)C(=O)NN. The molecule has 0 bridgehead atoms. The minimum absolute atomic E-state index is 0.170. The van der Waals surface area contributed by atoms with Gasteiger partial charge in [0.1, 0.15) is 0 Å². The summed E-state index contributed by atoms with van der Waals surface area (Å²) in [6, 6.07) is 19.7. The van der Waals surface area contributed by atoms with Crippen molar-refractivity contribution in [3.63, 3.8) is 0 Å². The first kappa shape index (κ1) is 29.3. The topological polar surface area (TPSA) is 93.4 Å². The number of hydrogen-bond acceptors (Lipinski definition) is 4. The molecular formula is C30H43N3O3. The number of carbonyl (C=O) groups excluding carboxylic acids is 2. The maximum atomic E-state index is 13.7. The van der Waals surface area contributed by atoms with Gasteiger partial charge in [-0.2, -0.15) is 0 Å². The van der Waals surface area contributed by atoms with Crippen LogP contribution in [0.2, 0.25) is 0 Å². The van der Waals surface area contributed by atoms with Gasteiger partial charge < -0.3 is 0 Å². The predicted octanol–water partition coefficient (Wildman–Crippen LogP) is 5.66. The Labute approximate surface area is 216 Å². The number of benzene rings is 2. The Kier molecular flexibility index (Phi) is 12.9. The van der Waals surface area contributed by atoms with Gasteiger partial charge in [0.25, 0.3) is 0 Å². The van der Waals surface area contributed by atoms with E-state index in [0.29, 0.717) is 12.3 Å². The minimum atomic E-state index is -0.632. The van der Waals surface area contributed by atoms with Crippen molar-refractivity contribution in [2.45, 2.75) is 60.0 Å². The summed E-state index contributed by atoms with van der Waals surface area (Å²) >= 11 is 0. The molecule has 0 aliphatic heterocycles. The molecule has 0 heterocycles. The number of amides is 2. The van der Waals surface area contributed by atoms with Gasteiger partial charge in [-0.15, -0.1) is 0 Å². The summed E-state index contributed by atoms with van der Waals surface area (Å²) in [5.74, 6) is 4.22. The molecule has 3 atom stereocenters. The fourth-order valence-electron chi connectivity index (χ4n) is 4.69. The lowest BCUT2D eigenvalue weighted by Gasteiger charge is -2.33. The summed E-state index contributed by atoms with van der Waals surface area (Å²) in [6.45, 7) is 8.68. The molecule has 0 saturated heterocycles. The number of hydrogen-bond donors (Lipinski definition) is 3. The first-order chi connectivity index (χ1) is 17.4. The zero-order valence-electron chi connectivity index (χ0n) is 22.2. The van der Waals surface area contributed by atoms with E-state index in [-0.39, 0.29) is 30.3 Å². The van der Waals surface area contributed by atoms with Gasteiger partial charge in [-0.1, -0.05) is 113 Å². The molecule has 2 aromatic rings. The molecule has 0 spiro atoms. The molecule has 0 aliphatic rings. The normalized spacial score (nSPS) is 14.1. The van der Waals surface area contributed by atoms with Gasteiger partial charge >= 0.3 is 0 Å². The van der Waals surface area contributed by atoms with Crippen molar-refractivity contribution < 1.29 is 14.4 Å². The molecule has 6 nitrogen and oxygen atoms in total. The van der Waals surface area contributed by atoms with E-state index in [2.05, 4.69) is 30.8 Å². The molecule has 2 amide bonds. The maximum absolute atomic E-state index is 13.7. The highest BCUT2D eigenvalue weighted by atomic mass is 16.6. The average Bonchev–Trinajstić information content (AvgIpc) is 2.89. The molecular weight excluding hydrogens is 450 g/mol. The highest BCUT2D eigenvalue weighted by Crippen LogP contribution is 2.35. The Balaban J connectivity index is 2.40. The lowest BCUT2D eigenvalue weighted by Crippen LogP contribution is -2.47. The second kappa shape index (κ2) is 15.9. The molecule has 0 aromatic heterocycles. The molecule has 0 fully saturated rings. The molecule has 196 valence electrons. The summed E-state index contributed by atoms with van der Waals surface area (Å²) in [6.07, 6.45) is 7.47. The van der Waals surface area contributed by atoms with Gasteiger partial charge in [-0.25, -0.2) is 11.3 Å². The molecule has 2 rings (SSSR count). The number of rotatable bonds is 15. The van der Waals surface area contributed by atoms with Crippen LogP contribution in [-0.2, 0) is 21.0 Å². The zero-order valence-corrected chi connectivity index (χ0v) is 22.2. The van der Waals surface area contributed by atoms with Crippen LogP contribution in [-0.4, -0.2) is 11.8 Å². The number of carbonyl (C=O) groups is 2. The lowest BCUT2D eigenvalue weighted by molar-refractivity contribution is -0.147. The number of nitrogens with two attached hydrogens (primary N) is 1. The zero-order chi connectivity index (χ0) is 26.3. The fourth-order valence-corrected chi connectivity index (χ4v) is 4.69. The van der Waals surface area contributed by atoms with Crippen molar-refractivity contribution in [2.24, 2.45) is 35.4 Å². The van der Waals surface area contributed by atoms with Gasteiger partial charge in [-0.3, -0.25) is 19.9 Å². The van der Waals surface area contributed by atoms with E-state index >= 15 is 0 Å². The van der Waals surface area contributed by atoms with Crippen molar-refractivity contribution in [3.05, 3.63) is 77.9 Å². The minimum Gasteiger partial charge on any atom is -0.294 e. The second-order valence-electron chi connectivity index (χ2n) is 9.86. The maximum Gasteiger partial charge on any atom is 0.248 e. The van der Waals surface area contributed by atoms with Crippen LogP contribution in [0.1, 0.15) is 64.5 Å².